The maximum atomic E-state index is 12.4. The third-order valence-corrected chi connectivity index (χ3v) is 7.94. The van der Waals surface area contributed by atoms with Crippen LogP contribution in [0, 0.1) is 0 Å². The first kappa shape index (κ1) is 32.5. The number of aromatic nitrogens is 2. The minimum absolute atomic E-state index is 0.316. The van der Waals surface area contributed by atoms with E-state index in [1.165, 1.54) is 76.1 Å². The third kappa shape index (κ3) is 12.4. The van der Waals surface area contributed by atoms with E-state index in [1.54, 1.807) is 0 Å². The average Bonchev–Trinajstić information content (AvgIpc) is 3.35. The zero-order valence-corrected chi connectivity index (χ0v) is 25.5. The Hall–Kier alpha value is -1.71. The molecule has 218 valence electrons. The highest BCUT2D eigenvalue weighted by Gasteiger charge is 2.37. The highest BCUT2D eigenvalue weighted by molar-refractivity contribution is 6.99. The van der Waals surface area contributed by atoms with Crippen LogP contribution in [0.15, 0.2) is 6.08 Å². The molecule has 0 bridgehead atoms. The molecule has 0 radical (unpaired) electrons. The normalized spacial score (nSPS) is 18.3. The van der Waals surface area contributed by atoms with Gasteiger partial charge in [-0.3, -0.25) is 4.48 Å². The van der Waals surface area contributed by atoms with Crippen molar-refractivity contribution < 1.29 is 23.5 Å². The maximum Gasteiger partial charge on any atom is 0.512 e. The van der Waals surface area contributed by atoms with Gasteiger partial charge in [0.15, 0.2) is 0 Å². The van der Waals surface area contributed by atoms with E-state index < -0.39 is 6.16 Å². The second-order valence-corrected chi connectivity index (χ2v) is 11.7. The topological polar surface area (TPSA) is 73.8 Å². The lowest BCUT2D eigenvalue weighted by atomic mass is 10.0. The number of carbonyl (C=O) groups excluding carboxylic acids is 1. The Balaban J connectivity index is 1.65. The van der Waals surface area contributed by atoms with Gasteiger partial charge in [0.25, 0.3) is 5.88 Å². The van der Waals surface area contributed by atoms with Gasteiger partial charge in [0, 0.05) is 18.9 Å². The molecule has 2 heterocycles. The van der Waals surface area contributed by atoms with Crippen LogP contribution in [0.4, 0.5) is 4.79 Å². The van der Waals surface area contributed by atoms with E-state index in [0.717, 1.165) is 43.5 Å². The van der Waals surface area contributed by atoms with Crippen molar-refractivity contribution in [2.24, 2.45) is 0 Å². The largest absolute Gasteiger partial charge is 0.512 e. The number of quaternary nitrogens is 1. The monoisotopic (exact) mass is 553 g/mol. The number of ether oxygens (including phenoxy) is 3. The van der Waals surface area contributed by atoms with Gasteiger partial charge in [-0.2, -0.15) is 4.37 Å². The van der Waals surface area contributed by atoms with Crippen LogP contribution in [-0.4, -0.2) is 84.5 Å². The Labute approximate surface area is 235 Å². The quantitative estimate of drug-likeness (QED) is 0.0986. The van der Waals surface area contributed by atoms with E-state index in [2.05, 4.69) is 47.8 Å². The number of nitrogens with zero attached hydrogens (tertiary/aromatic N) is 4. The number of likely N-dealkylation sites (N-methyl/N-ethyl adjacent to an activating group) is 1. The second-order valence-electron chi connectivity index (χ2n) is 11.2. The number of rotatable bonds is 20. The molecule has 0 fully saturated rings. The van der Waals surface area contributed by atoms with Crippen LogP contribution < -0.4 is 4.74 Å². The van der Waals surface area contributed by atoms with Gasteiger partial charge in [-0.1, -0.05) is 70.8 Å². The Bertz CT molecular complexity index is 816. The molecule has 2 atom stereocenters. The number of hydrogen-bond acceptors (Lipinski definition) is 8. The minimum Gasteiger partial charge on any atom is -0.475 e. The van der Waals surface area contributed by atoms with E-state index >= 15 is 0 Å². The molecule has 0 saturated carbocycles. The summed E-state index contributed by atoms with van der Waals surface area (Å²) in [5, 5.41) is 0. The molecule has 2 unspecified atom stereocenters. The zero-order chi connectivity index (χ0) is 27.6. The lowest BCUT2D eigenvalue weighted by Crippen LogP contribution is -2.55. The first-order valence-corrected chi connectivity index (χ1v) is 15.6. The summed E-state index contributed by atoms with van der Waals surface area (Å²) in [7, 11) is 6.38. The smallest absolute Gasteiger partial charge is 0.475 e. The molecular weight excluding hydrogens is 500 g/mol. The van der Waals surface area contributed by atoms with Crippen LogP contribution in [0.3, 0.4) is 0 Å². The van der Waals surface area contributed by atoms with Gasteiger partial charge in [-0.05, 0) is 39.9 Å². The first-order chi connectivity index (χ1) is 18.4. The number of unbranched alkanes of at least 4 members (excludes halogenated alkanes) is 10. The molecule has 0 N–H and O–H groups in total. The summed E-state index contributed by atoms with van der Waals surface area (Å²) >= 11 is 1.19. The molecule has 0 aromatic carbocycles. The fourth-order valence-corrected chi connectivity index (χ4v) is 5.30. The molecular formula is C29H53N4O4S+. The van der Waals surface area contributed by atoms with Crippen LogP contribution in [0.1, 0.15) is 103 Å². The number of hydrogen-bond donors (Lipinski definition) is 0. The van der Waals surface area contributed by atoms with Crippen molar-refractivity contribution in [1.82, 2.24) is 13.6 Å². The summed E-state index contributed by atoms with van der Waals surface area (Å²) in [5.74, 6) is 0.628. The van der Waals surface area contributed by atoms with Crippen molar-refractivity contribution in [3.63, 3.8) is 0 Å². The number of carbonyl (C=O) groups is 1. The fourth-order valence-electron chi connectivity index (χ4n) is 4.76. The lowest BCUT2D eigenvalue weighted by molar-refractivity contribution is -0.944. The van der Waals surface area contributed by atoms with Gasteiger partial charge in [-0.25, -0.2) is 4.79 Å². The minimum atomic E-state index is -0.569. The Morgan fingerprint density at radius 3 is 2.37 bits per heavy atom. The summed E-state index contributed by atoms with van der Waals surface area (Å²) < 4.78 is 26.6. The molecule has 2 rings (SSSR count). The Morgan fingerprint density at radius 1 is 1.00 bits per heavy atom. The molecule has 0 amide bonds. The summed E-state index contributed by atoms with van der Waals surface area (Å²) in [4.78, 5) is 14.6. The molecule has 1 aliphatic heterocycles. The standard InChI is InChI=1S/C29H53N4O4S/c1-6-7-8-16-22-35-28-27(30-38-31-28)26-19-18-21-33(5,24-26)25(2)37-29(34)36-23-17-14-12-10-9-11-13-15-20-32(3)4/h19,25H,6-18,20-24H2,1-5H3/q+1. The van der Waals surface area contributed by atoms with Gasteiger partial charge in [-0.15, -0.1) is 4.37 Å². The summed E-state index contributed by atoms with van der Waals surface area (Å²) in [5.41, 5.74) is 1.94. The van der Waals surface area contributed by atoms with Crippen molar-refractivity contribution in [3.8, 4) is 5.88 Å². The molecule has 38 heavy (non-hydrogen) atoms. The van der Waals surface area contributed by atoms with Gasteiger partial charge < -0.3 is 19.1 Å². The van der Waals surface area contributed by atoms with Crippen LogP contribution in [0.5, 0.6) is 5.88 Å². The molecule has 8 nitrogen and oxygen atoms in total. The predicted molar refractivity (Wildman–Crippen MR) is 155 cm³/mol. The van der Waals surface area contributed by atoms with Gasteiger partial charge in [0.2, 0.25) is 6.23 Å². The van der Waals surface area contributed by atoms with E-state index in [4.69, 9.17) is 14.2 Å². The fraction of sp³-hybridized carbons (Fsp3) is 0.828. The van der Waals surface area contributed by atoms with Crippen molar-refractivity contribution in [3.05, 3.63) is 11.8 Å². The summed E-state index contributed by atoms with van der Waals surface area (Å²) in [6.07, 6.45) is 16.5. The molecule has 9 heteroatoms. The Morgan fingerprint density at radius 2 is 1.66 bits per heavy atom. The van der Waals surface area contributed by atoms with Crippen molar-refractivity contribution in [2.75, 3.05) is 54.0 Å². The molecule has 1 aromatic rings. The van der Waals surface area contributed by atoms with Crippen molar-refractivity contribution in [1.29, 1.82) is 0 Å². The zero-order valence-electron chi connectivity index (χ0n) is 24.7. The van der Waals surface area contributed by atoms with E-state index in [1.807, 2.05) is 6.92 Å². The SMILES string of the molecule is CCCCCCOc1nsnc1C1=CCC[N+](C)(C(C)OC(=O)OCCCCCCCCCCN(C)C)C1. The van der Waals surface area contributed by atoms with E-state index in [-0.39, 0.29) is 6.23 Å². The summed E-state index contributed by atoms with van der Waals surface area (Å²) in [6.45, 7) is 8.02. The van der Waals surface area contributed by atoms with Crippen LogP contribution in [-0.2, 0) is 9.47 Å². The first-order valence-electron chi connectivity index (χ1n) is 14.8. The average molecular weight is 554 g/mol. The van der Waals surface area contributed by atoms with Crippen molar-refractivity contribution >= 4 is 23.5 Å². The molecule has 1 aromatic heterocycles. The third-order valence-electron chi connectivity index (χ3n) is 7.43. The van der Waals surface area contributed by atoms with Crippen LogP contribution >= 0.6 is 11.7 Å². The highest BCUT2D eigenvalue weighted by atomic mass is 32.1. The van der Waals surface area contributed by atoms with E-state index in [0.29, 0.717) is 30.1 Å². The maximum absolute atomic E-state index is 12.4. The van der Waals surface area contributed by atoms with Gasteiger partial charge >= 0.3 is 6.16 Å². The van der Waals surface area contributed by atoms with Crippen LogP contribution in [0.25, 0.3) is 5.57 Å². The van der Waals surface area contributed by atoms with Crippen LogP contribution in [0.2, 0.25) is 0 Å². The molecule has 0 saturated heterocycles. The lowest BCUT2D eigenvalue weighted by Gasteiger charge is -2.41. The van der Waals surface area contributed by atoms with Crippen molar-refractivity contribution in [2.45, 2.75) is 104 Å². The van der Waals surface area contributed by atoms with Gasteiger partial charge in [0.1, 0.15) is 12.2 Å². The molecule has 1 aliphatic rings. The molecule has 0 aliphatic carbocycles. The predicted octanol–water partition coefficient (Wildman–Crippen LogP) is 6.91. The van der Waals surface area contributed by atoms with E-state index in [9.17, 15) is 4.79 Å². The summed E-state index contributed by atoms with van der Waals surface area (Å²) in [6, 6.07) is 0. The second kappa shape index (κ2) is 18.6. The molecule has 0 spiro atoms. The Kier molecular flexibility index (Phi) is 15.9. The highest BCUT2D eigenvalue weighted by Crippen LogP contribution is 2.31. The van der Waals surface area contributed by atoms with Gasteiger partial charge in [0.05, 0.1) is 38.5 Å².